The lowest BCUT2D eigenvalue weighted by Gasteiger charge is -2.12. The fraction of sp³-hybridized carbons (Fsp3) is 0.250. The molecule has 0 aliphatic heterocycles. The van der Waals surface area contributed by atoms with Gasteiger partial charge in [-0.05, 0) is 6.07 Å². The van der Waals surface area contributed by atoms with Crippen molar-refractivity contribution in [1.29, 1.82) is 0 Å². The lowest BCUT2D eigenvalue weighted by Crippen LogP contribution is -1.98. The van der Waals surface area contributed by atoms with Crippen molar-refractivity contribution in [2.75, 3.05) is 20.0 Å². The molecule has 0 fully saturated rings. The maximum atomic E-state index is 14.2. The molecule has 2 N–H and O–H groups in total. The second-order valence-electron chi connectivity index (χ2n) is 3.87. The van der Waals surface area contributed by atoms with E-state index >= 15 is 0 Å². The van der Waals surface area contributed by atoms with E-state index in [1.807, 2.05) is 0 Å². The molecule has 0 bridgehead atoms. The largest absolute Gasteiger partial charge is 0.493 e. The highest BCUT2D eigenvalue weighted by Crippen LogP contribution is 2.41. The number of rotatable bonds is 3. The summed E-state index contributed by atoms with van der Waals surface area (Å²) < 4.78 is 25.8. The van der Waals surface area contributed by atoms with Gasteiger partial charge in [0.05, 0.1) is 19.9 Å². The van der Waals surface area contributed by atoms with Crippen molar-refractivity contribution in [2.24, 2.45) is 7.05 Å². The molecule has 1 aromatic carbocycles. The summed E-state index contributed by atoms with van der Waals surface area (Å²) in [6.45, 7) is 0. The van der Waals surface area contributed by atoms with Gasteiger partial charge in [-0.25, -0.2) is 4.39 Å². The van der Waals surface area contributed by atoms with Crippen LogP contribution < -0.4 is 15.2 Å². The van der Waals surface area contributed by atoms with Crippen molar-refractivity contribution < 1.29 is 13.9 Å². The normalized spacial score (nSPS) is 10.6. The molecule has 102 valence electrons. The molecule has 0 saturated heterocycles. The van der Waals surface area contributed by atoms with E-state index in [2.05, 4.69) is 5.10 Å². The van der Waals surface area contributed by atoms with Crippen LogP contribution in [0, 0.1) is 5.82 Å². The van der Waals surface area contributed by atoms with Gasteiger partial charge in [0.25, 0.3) is 0 Å². The molecule has 19 heavy (non-hydrogen) atoms. The van der Waals surface area contributed by atoms with Crippen molar-refractivity contribution in [3.8, 4) is 22.8 Å². The number of benzene rings is 1. The summed E-state index contributed by atoms with van der Waals surface area (Å²) >= 11 is 5.93. The van der Waals surface area contributed by atoms with Gasteiger partial charge in [0.2, 0.25) is 0 Å². The van der Waals surface area contributed by atoms with Crippen molar-refractivity contribution >= 4 is 17.4 Å². The Morgan fingerprint density at radius 3 is 2.47 bits per heavy atom. The molecule has 2 aromatic rings. The van der Waals surface area contributed by atoms with E-state index in [1.165, 1.54) is 25.0 Å². The van der Waals surface area contributed by atoms with Crippen LogP contribution in [0.25, 0.3) is 11.3 Å². The van der Waals surface area contributed by atoms with Gasteiger partial charge in [-0.15, -0.1) is 0 Å². The molecule has 0 atom stereocenters. The number of nitrogen functional groups attached to an aromatic ring is 1. The zero-order chi connectivity index (χ0) is 14.2. The fourth-order valence-corrected chi connectivity index (χ4v) is 2.00. The third-order valence-electron chi connectivity index (χ3n) is 2.74. The minimum atomic E-state index is -0.627. The Labute approximate surface area is 114 Å². The molecule has 7 heteroatoms. The minimum absolute atomic E-state index is 0.148. The highest BCUT2D eigenvalue weighted by atomic mass is 35.5. The number of ether oxygens (including phenoxy) is 2. The van der Waals surface area contributed by atoms with E-state index in [9.17, 15) is 4.39 Å². The van der Waals surface area contributed by atoms with Crippen LogP contribution in [0.3, 0.4) is 0 Å². The lowest BCUT2D eigenvalue weighted by molar-refractivity contribution is 0.353. The first-order valence-corrected chi connectivity index (χ1v) is 5.77. The van der Waals surface area contributed by atoms with Crippen molar-refractivity contribution in [2.45, 2.75) is 0 Å². The summed E-state index contributed by atoms with van der Waals surface area (Å²) in [5.74, 6) is 0.264. The predicted molar refractivity (Wildman–Crippen MR) is 71.1 cm³/mol. The number of hydrogen-bond donors (Lipinski definition) is 1. The first-order chi connectivity index (χ1) is 8.99. The highest BCUT2D eigenvalue weighted by Gasteiger charge is 2.21. The maximum absolute atomic E-state index is 14.2. The van der Waals surface area contributed by atoms with Gasteiger partial charge in [0.1, 0.15) is 10.8 Å². The molecule has 5 nitrogen and oxygen atoms in total. The molecular formula is C12H13ClFN3O2. The lowest BCUT2D eigenvalue weighted by atomic mass is 10.1. The van der Waals surface area contributed by atoms with Crippen molar-refractivity contribution in [1.82, 2.24) is 9.78 Å². The third-order valence-corrected chi connectivity index (χ3v) is 3.08. The van der Waals surface area contributed by atoms with Gasteiger partial charge in [-0.2, -0.15) is 5.10 Å². The van der Waals surface area contributed by atoms with Gasteiger partial charge in [0, 0.05) is 18.7 Å². The molecule has 0 saturated carbocycles. The Morgan fingerprint density at radius 1 is 1.32 bits per heavy atom. The average Bonchev–Trinajstić information content (AvgIpc) is 2.72. The summed E-state index contributed by atoms with van der Waals surface area (Å²) in [4.78, 5) is 0. The van der Waals surface area contributed by atoms with E-state index in [0.717, 1.165) is 0 Å². The summed E-state index contributed by atoms with van der Waals surface area (Å²) in [5, 5.41) is 3.96. The Balaban J connectivity index is 2.67. The fourth-order valence-electron chi connectivity index (χ4n) is 1.73. The molecule has 0 spiro atoms. The highest BCUT2D eigenvalue weighted by molar-refractivity contribution is 6.32. The van der Waals surface area contributed by atoms with E-state index in [0.29, 0.717) is 17.3 Å². The van der Waals surface area contributed by atoms with Crippen LogP contribution in [0.2, 0.25) is 5.02 Å². The minimum Gasteiger partial charge on any atom is -0.493 e. The van der Waals surface area contributed by atoms with Gasteiger partial charge in [0.15, 0.2) is 17.3 Å². The first kappa shape index (κ1) is 13.5. The molecular weight excluding hydrogens is 273 g/mol. The molecule has 0 radical (unpaired) electrons. The number of nitrogens with two attached hydrogens (primary N) is 1. The monoisotopic (exact) mass is 285 g/mol. The Morgan fingerprint density at radius 2 is 2.00 bits per heavy atom. The topological polar surface area (TPSA) is 62.3 Å². The number of aryl methyl sites for hydroxylation is 1. The summed E-state index contributed by atoms with van der Waals surface area (Å²) in [5.41, 5.74) is 6.26. The summed E-state index contributed by atoms with van der Waals surface area (Å²) in [6, 6.07) is 3.03. The number of hydrogen-bond acceptors (Lipinski definition) is 4. The second kappa shape index (κ2) is 4.97. The smallest absolute Gasteiger partial charge is 0.182 e. The van der Waals surface area contributed by atoms with Gasteiger partial charge < -0.3 is 15.2 Å². The van der Waals surface area contributed by atoms with E-state index in [-0.39, 0.29) is 16.3 Å². The van der Waals surface area contributed by atoms with Gasteiger partial charge in [-0.1, -0.05) is 11.6 Å². The zero-order valence-electron chi connectivity index (χ0n) is 10.7. The van der Waals surface area contributed by atoms with Crippen LogP contribution in [0.4, 0.5) is 10.2 Å². The average molecular weight is 286 g/mol. The summed E-state index contributed by atoms with van der Waals surface area (Å²) in [6.07, 6.45) is 0. The van der Waals surface area contributed by atoms with Crippen molar-refractivity contribution in [3.63, 3.8) is 0 Å². The molecule has 0 amide bonds. The first-order valence-electron chi connectivity index (χ1n) is 5.39. The van der Waals surface area contributed by atoms with Gasteiger partial charge >= 0.3 is 0 Å². The van der Waals surface area contributed by atoms with Crippen LogP contribution >= 0.6 is 11.6 Å². The Hall–Kier alpha value is -1.95. The van der Waals surface area contributed by atoms with Crippen LogP contribution in [0.1, 0.15) is 0 Å². The van der Waals surface area contributed by atoms with E-state index < -0.39 is 5.82 Å². The number of halogens is 2. The van der Waals surface area contributed by atoms with Crippen molar-refractivity contribution in [3.05, 3.63) is 23.0 Å². The van der Waals surface area contributed by atoms with E-state index in [1.54, 1.807) is 13.1 Å². The van der Waals surface area contributed by atoms with E-state index in [4.69, 9.17) is 26.8 Å². The standard InChI is InChI=1S/C12H13ClFN3O2/c1-17-9(15)5-7(16-17)6-4-8(18-2)12(19-3)10(13)11(6)14/h4-5H,15H2,1-3H3. The van der Waals surface area contributed by atoms with Crippen LogP contribution in [-0.4, -0.2) is 24.0 Å². The quantitative estimate of drug-likeness (QED) is 0.941. The Bertz CT molecular complexity index is 608. The molecule has 2 rings (SSSR count). The number of aromatic nitrogens is 2. The molecule has 1 heterocycles. The number of anilines is 1. The molecule has 0 aliphatic rings. The second-order valence-corrected chi connectivity index (χ2v) is 4.24. The van der Waals surface area contributed by atoms with Gasteiger partial charge in [-0.3, -0.25) is 4.68 Å². The summed E-state index contributed by atoms with van der Waals surface area (Å²) in [7, 11) is 4.50. The van der Waals surface area contributed by atoms with Crippen LogP contribution in [0.5, 0.6) is 11.5 Å². The zero-order valence-corrected chi connectivity index (χ0v) is 11.5. The van der Waals surface area contributed by atoms with Crippen LogP contribution in [-0.2, 0) is 7.05 Å². The SMILES string of the molecule is COc1cc(-c2cc(N)n(C)n2)c(F)c(Cl)c1OC. The third kappa shape index (κ3) is 2.19. The number of methoxy groups -OCH3 is 2. The van der Waals surface area contributed by atoms with Crippen LogP contribution in [0.15, 0.2) is 12.1 Å². The molecule has 0 aliphatic carbocycles. The maximum Gasteiger partial charge on any atom is 0.182 e. The Kier molecular flexibility index (Phi) is 3.53. The molecule has 0 unspecified atom stereocenters. The molecule has 1 aromatic heterocycles. The number of nitrogens with zero attached hydrogens (tertiary/aromatic N) is 2. The predicted octanol–water partition coefficient (Wildman–Crippen LogP) is 2.48.